The molecule has 3 aromatic rings. The zero-order valence-corrected chi connectivity index (χ0v) is 16.7. The molecule has 3 rings (SSSR count). The molecular weight excluding hydrogens is 364 g/mol. The Morgan fingerprint density at radius 3 is 2.31 bits per heavy atom. The van der Waals surface area contributed by atoms with E-state index in [1.807, 2.05) is 66.7 Å². The van der Waals surface area contributed by atoms with E-state index in [0.29, 0.717) is 18.0 Å². The van der Waals surface area contributed by atoms with Crippen LogP contribution in [0, 0.1) is 0 Å². The molecule has 0 saturated carbocycles. The van der Waals surface area contributed by atoms with Crippen LogP contribution in [0.4, 0.5) is 5.69 Å². The number of ether oxygens (including phenoxy) is 2. The molecular formula is C24H26N2O3. The third-order valence-corrected chi connectivity index (χ3v) is 4.56. The van der Waals surface area contributed by atoms with E-state index in [0.717, 1.165) is 11.3 Å². The molecule has 0 heterocycles. The Morgan fingerprint density at radius 1 is 0.931 bits per heavy atom. The SMILES string of the molecule is COc1cc(CN[C@H](C)c2ccccc2)ccc1OCC(=O)Nc1ccccc1. The van der Waals surface area contributed by atoms with Gasteiger partial charge in [-0.05, 0) is 42.3 Å². The Kier molecular flexibility index (Phi) is 7.25. The summed E-state index contributed by atoms with van der Waals surface area (Å²) < 4.78 is 11.1. The minimum atomic E-state index is -0.222. The van der Waals surface area contributed by atoms with Gasteiger partial charge >= 0.3 is 0 Å². The van der Waals surface area contributed by atoms with Crippen LogP contribution in [-0.2, 0) is 11.3 Å². The molecule has 5 heteroatoms. The zero-order valence-electron chi connectivity index (χ0n) is 16.7. The monoisotopic (exact) mass is 390 g/mol. The lowest BCUT2D eigenvalue weighted by molar-refractivity contribution is -0.118. The quantitative estimate of drug-likeness (QED) is 0.562. The van der Waals surface area contributed by atoms with Crippen LogP contribution in [0.5, 0.6) is 11.5 Å². The Hall–Kier alpha value is -3.31. The van der Waals surface area contributed by atoms with Crippen molar-refractivity contribution in [1.29, 1.82) is 0 Å². The molecule has 0 fully saturated rings. The second-order valence-electron chi connectivity index (χ2n) is 6.70. The van der Waals surface area contributed by atoms with Gasteiger partial charge in [-0.25, -0.2) is 0 Å². The summed E-state index contributed by atoms with van der Waals surface area (Å²) in [5.74, 6) is 0.917. The average Bonchev–Trinajstić information content (AvgIpc) is 2.77. The minimum Gasteiger partial charge on any atom is -0.493 e. The van der Waals surface area contributed by atoms with Crippen molar-refractivity contribution in [2.75, 3.05) is 19.0 Å². The van der Waals surface area contributed by atoms with Crippen LogP contribution in [0.1, 0.15) is 24.1 Å². The molecule has 0 aromatic heterocycles. The van der Waals surface area contributed by atoms with Crippen LogP contribution < -0.4 is 20.1 Å². The highest BCUT2D eigenvalue weighted by atomic mass is 16.5. The number of rotatable bonds is 9. The summed E-state index contributed by atoms with van der Waals surface area (Å²) in [6, 6.07) is 25.6. The first kappa shape index (κ1) is 20.4. The van der Waals surface area contributed by atoms with Crippen molar-refractivity contribution in [2.45, 2.75) is 19.5 Å². The summed E-state index contributed by atoms with van der Waals surface area (Å²) in [7, 11) is 1.59. The van der Waals surface area contributed by atoms with Crippen LogP contribution in [-0.4, -0.2) is 19.6 Å². The summed E-state index contributed by atoms with van der Waals surface area (Å²) in [4.78, 5) is 12.1. The number of amides is 1. The molecule has 0 unspecified atom stereocenters. The van der Waals surface area contributed by atoms with Gasteiger partial charge in [-0.3, -0.25) is 4.79 Å². The summed E-state index contributed by atoms with van der Waals surface area (Å²) in [6.07, 6.45) is 0. The van der Waals surface area contributed by atoms with E-state index < -0.39 is 0 Å². The summed E-state index contributed by atoms with van der Waals surface area (Å²) >= 11 is 0. The third-order valence-electron chi connectivity index (χ3n) is 4.56. The van der Waals surface area contributed by atoms with E-state index in [4.69, 9.17) is 9.47 Å². The van der Waals surface area contributed by atoms with E-state index in [9.17, 15) is 4.79 Å². The smallest absolute Gasteiger partial charge is 0.262 e. The molecule has 2 N–H and O–H groups in total. The summed E-state index contributed by atoms with van der Waals surface area (Å²) in [6.45, 7) is 2.74. The average molecular weight is 390 g/mol. The predicted molar refractivity (Wildman–Crippen MR) is 115 cm³/mol. The second-order valence-corrected chi connectivity index (χ2v) is 6.70. The first-order valence-electron chi connectivity index (χ1n) is 9.58. The number of carbonyl (C=O) groups is 1. The van der Waals surface area contributed by atoms with Crippen LogP contribution in [0.2, 0.25) is 0 Å². The van der Waals surface area contributed by atoms with Crippen LogP contribution in [0.3, 0.4) is 0 Å². The van der Waals surface area contributed by atoms with E-state index in [1.165, 1.54) is 5.56 Å². The maximum Gasteiger partial charge on any atom is 0.262 e. The Morgan fingerprint density at radius 2 is 1.62 bits per heavy atom. The number of carbonyl (C=O) groups excluding carboxylic acids is 1. The molecule has 0 bridgehead atoms. The largest absolute Gasteiger partial charge is 0.493 e. The number of para-hydroxylation sites is 1. The number of methoxy groups -OCH3 is 1. The van der Waals surface area contributed by atoms with Crippen LogP contribution >= 0.6 is 0 Å². The van der Waals surface area contributed by atoms with Crippen LogP contribution in [0.25, 0.3) is 0 Å². The van der Waals surface area contributed by atoms with Gasteiger partial charge in [0.05, 0.1) is 7.11 Å². The number of hydrogen-bond donors (Lipinski definition) is 2. The first-order valence-corrected chi connectivity index (χ1v) is 9.58. The fourth-order valence-electron chi connectivity index (χ4n) is 2.93. The van der Waals surface area contributed by atoms with Gasteiger partial charge in [0, 0.05) is 18.3 Å². The lowest BCUT2D eigenvalue weighted by Gasteiger charge is -2.16. The normalized spacial score (nSPS) is 11.5. The maximum atomic E-state index is 12.1. The molecule has 0 aliphatic rings. The van der Waals surface area contributed by atoms with Crippen molar-refractivity contribution in [1.82, 2.24) is 5.32 Å². The molecule has 0 spiro atoms. The highest BCUT2D eigenvalue weighted by Crippen LogP contribution is 2.28. The molecule has 3 aromatic carbocycles. The Bertz CT molecular complexity index is 914. The third kappa shape index (κ3) is 6.09. The molecule has 0 aliphatic carbocycles. The van der Waals surface area contributed by atoms with Gasteiger partial charge in [0.15, 0.2) is 18.1 Å². The van der Waals surface area contributed by atoms with Crippen LogP contribution in [0.15, 0.2) is 78.9 Å². The maximum absolute atomic E-state index is 12.1. The van der Waals surface area contributed by atoms with Crippen molar-refractivity contribution >= 4 is 11.6 Å². The topological polar surface area (TPSA) is 59.6 Å². The van der Waals surface area contributed by atoms with E-state index in [2.05, 4.69) is 29.7 Å². The molecule has 0 saturated heterocycles. The lowest BCUT2D eigenvalue weighted by Crippen LogP contribution is -2.20. The number of nitrogens with one attached hydrogen (secondary N) is 2. The molecule has 1 amide bonds. The van der Waals surface area contributed by atoms with Crippen molar-refractivity contribution in [3.8, 4) is 11.5 Å². The number of anilines is 1. The van der Waals surface area contributed by atoms with Crippen molar-refractivity contribution < 1.29 is 14.3 Å². The van der Waals surface area contributed by atoms with Crippen molar-refractivity contribution in [2.24, 2.45) is 0 Å². The van der Waals surface area contributed by atoms with Gasteiger partial charge in [0.25, 0.3) is 5.91 Å². The fraction of sp³-hybridized carbons (Fsp3) is 0.208. The number of hydrogen-bond acceptors (Lipinski definition) is 4. The fourth-order valence-corrected chi connectivity index (χ4v) is 2.93. The van der Waals surface area contributed by atoms with Gasteiger partial charge < -0.3 is 20.1 Å². The molecule has 150 valence electrons. The van der Waals surface area contributed by atoms with Gasteiger partial charge in [-0.15, -0.1) is 0 Å². The molecule has 0 aliphatic heterocycles. The molecule has 0 radical (unpaired) electrons. The molecule has 29 heavy (non-hydrogen) atoms. The first-order chi connectivity index (χ1) is 14.2. The number of benzene rings is 3. The highest BCUT2D eigenvalue weighted by Gasteiger charge is 2.10. The minimum absolute atomic E-state index is 0.0894. The second kappa shape index (κ2) is 10.3. The van der Waals surface area contributed by atoms with E-state index >= 15 is 0 Å². The zero-order chi connectivity index (χ0) is 20.5. The summed E-state index contributed by atoms with van der Waals surface area (Å²) in [5, 5.41) is 6.30. The Balaban J connectivity index is 1.55. The van der Waals surface area contributed by atoms with Gasteiger partial charge in [0.1, 0.15) is 0 Å². The Labute approximate surface area is 171 Å². The predicted octanol–water partition coefficient (Wildman–Crippen LogP) is 4.56. The van der Waals surface area contributed by atoms with Crippen molar-refractivity contribution in [3.63, 3.8) is 0 Å². The van der Waals surface area contributed by atoms with E-state index in [1.54, 1.807) is 7.11 Å². The van der Waals surface area contributed by atoms with Crippen molar-refractivity contribution in [3.05, 3.63) is 90.0 Å². The van der Waals surface area contributed by atoms with E-state index in [-0.39, 0.29) is 18.6 Å². The van der Waals surface area contributed by atoms with Gasteiger partial charge in [0.2, 0.25) is 0 Å². The summed E-state index contributed by atoms with van der Waals surface area (Å²) in [5.41, 5.74) is 3.05. The lowest BCUT2D eigenvalue weighted by atomic mass is 10.1. The highest BCUT2D eigenvalue weighted by molar-refractivity contribution is 5.91. The standard InChI is InChI=1S/C24H26N2O3/c1-18(20-9-5-3-6-10-20)25-16-19-13-14-22(23(15-19)28-2)29-17-24(27)26-21-11-7-4-8-12-21/h3-15,18,25H,16-17H2,1-2H3,(H,26,27)/t18-/m1/s1. The van der Waals surface area contributed by atoms with Gasteiger partial charge in [-0.1, -0.05) is 54.6 Å². The van der Waals surface area contributed by atoms with Gasteiger partial charge in [-0.2, -0.15) is 0 Å². The molecule has 5 nitrogen and oxygen atoms in total. The molecule has 1 atom stereocenters.